The molecule has 1 unspecified atom stereocenters. The highest BCUT2D eigenvalue weighted by molar-refractivity contribution is 5.92. The van der Waals surface area contributed by atoms with Crippen LogP contribution < -0.4 is 0 Å². The highest BCUT2D eigenvalue weighted by atomic mass is 16.6. The number of ketones is 1. The lowest BCUT2D eigenvalue weighted by Crippen LogP contribution is -2.19. The monoisotopic (exact) mass is 320 g/mol. The molecule has 0 spiro atoms. The number of rotatable bonds is 5. The average Bonchev–Trinajstić information content (AvgIpc) is 2.52. The fourth-order valence-electron chi connectivity index (χ4n) is 2.16. The van der Waals surface area contributed by atoms with Crippen LogP contribution in [-0.4, -0.2) is 28.2 Å². The van der Waals surface area contributed by atoms with Crippen molar-refractivity contribution in [2.45, 2.75) is 12.8 Å². The minimum Gasteiger partial charge on any atom is -0.462 e. The molecule has 0 heterocycles. The van der Waals surface area contributed by atoms with E-state index in [4.69, 9.17) is 4.74 Å². The Morgan fingerprint density at radius 1 is 1.17 bits per heavy atom. The number of nitro groups is 2. The van der Waals surface area contributed by atoms with E-state index in [1.165, 1.54) is 6.08 Å². The quantitative estimate of drug-likeness (QED) is 0.461. The summed E-state index contributed by atoms with van der Waals surface area (Å²) in [5, 5.41) is 21.6. The van der Waals surface area contributed by atoms with Gasteiger partial charge in [0.15, 0.2) is 5.78 Å². The first-order valence-electron chi connectivity index (χ1n) is 6.67. The van der Waals surface area contributed by atoms with Gasteiger partial charge in [0.25, 0.3) is 11.4 Å². The first kappa shape index (κ1) is 16.3. The summed E-state index contributed by atoms with van der Waals surface area (Å²) in [4.78, 5) is 43.1. The maximum absolute atomic E-state index is 11.9. The zero-order chi connectivity index (χ0) is 17.0. The molecular weight excluding hydrogens is 308 g/mol. The van der Waals surface area contributed by atoms with Crippen molar-refractivity contribution < 1.29 is 24.2 Å². The van der Waals surface area contributed by atoms with Crippen LogP contribution in [0.25, 0.3) is 0 Å². The number of hydrogen-bond acceptors (Lipinski definition) is 7. The second-order valence-corrected chi connectivity index (χ2v) is 5.03. The number of allylic oxidation sites excluding steroid dienone is 2. The maximum Gasteiger partial charge on any atom is 0.338 e. The lowest BCUT2D eigenvalue weighted by Gasteiger charge is -2.16. The van der Waals surface area contributed by atoms with Crippen LogP contribution >= 0.6 is 0 Å². The normalized spacial score (nSPS) is 16.9. The molecule has 0 fully saturated rings. The smallest absolute Gasteiger partial charge is 0.338 e. The van der Waals surface area contributed by atoms with Crippen molar-refractivity contribution in [3.8, 4) is 0 Å². The third-order valence-corrected chi connectivity index (χ3v) is 3.27. The Balaban J connectivity index is 2.12. The molecule has 9 heteroatoms. The van der Waals surface area contributed by atoms with E-state index >= 15 is 0 Å². The Morgan fingerprint density at radius 2 is 1.78 bits per heavy atom. The van der Waals surface area contributed by atoms with E-state index < -0.39 is 27.2 Å². The number of esters is 1. The second kappa shape index (κ2) is 6.77. The molecule has 1 atom stereocenters. The minimum absolute atomic E-state index is 0.0363. The summed E-state index contributed by atoms with van der Waals surface area (Å²) in [6.45, 7) is -0.0363. The van der Waals surface area contributed by atoms with Crippen LogP contribution in [0.2, 0.25) is 0 Å². The van der Waals surface area contributed by atoms with E-state index in [2.05, 4.69) is 0 Å². The molecule has 0 saturated carbocycles. The SMILES string of the molecule is O=C1C=CCC(COC(=O)c2cc([N+](=O)[O-])cc([N+](=O)[O-])c2)C1. The molecule has 1 aromatic rings. The van der Waals surface area contributed by atoms with Crippen LogP contribution in [-0.2, 0) is 9.53 Å². The van der Waals surface area contributed by atoms with Gasteiger partial charge in [-0.1, -0.05) is 6.08 Å². The van der Waals surface area contributed by atoms with Crippen molar-refractivity contribution in [3.63, 3.8) is 0 Å². The molecule has 0 aromatic heterocycles. The van der Waals surface area contributed by atoms with Gasteiger partial charge in [-0.2, -0.15) is 0 Å². The second-order valence-electron chi connectivity index (χ2n) is 5.03. The predicted molar refractivity (Wildman–Crippen MR) is 76.9 cm³/mol. The Labute approximate surface area is 129 Å². The number of non-ortho nitro benzene ring substituents is 2. The van der Waals surface area contributed by atoms with Gasteiger partial charge in [0, 0.05) is 24.5 Å². The summed E-state index contributed by atoms with van der Waals surface area (Å²) >= 11 is 0. The lowest BCUT2D eigenvalue weighted by atomic mass is 9.94. The van der Waals surface area contributed by atoms with E-state index in [1.54, 1.807) is 6.08 Å². The van der Waals surface area contributed by atoms with Gasteiger partial charge in [0.1, 0.15) is 0 Å². The molecule has 1 aliphatic carbocycles. The summed E-state index contributed by atoms with van der Waals surface area (Å²) in [6.07, 6.45) is 3.97. The van der Waals surface area contributed by atoms with Crippen LogP contribution in [0.15, 0.2) is 30.4 Å². The molecule has 0 saturated heterocycles. The molecule has 2 rings (SSSR count). The Bertz CT molecular complexity index is 679. The minimum atomic E-state index is -0.904. The largest absolute Gasteiger partial charge is 0.462 e. The van der Waals surface area contributed by atoms with E-state index in [0.29, 0.717) is 6.42 Å². The van der Waals surface area contributed by atoms with Crippen molar-refractivity contribution in [1.29, 1.82) is 0 Å². The molecule has 0 bridgehead atoms. The summed E-state index contributed by atoms with van der Waals surface area (Å²) < 4.78 is 5.02. The fourth-order valence-corrected chi connectivity index (χ4v) is 2.16. The molecule has 9 nitrogen and oxygen atoms in total. The lowest BCUT2D eigenvalue weighted by molar-refractivity contribution is -0.394. The van der Waals surface area contributed by atoms with Gasteiger partial charge < -0.3 is 4.74 Å². The van der Waals surface area contributed by atoms with Crippen molar-refractivity contribution in [1.82, 2.24) is 0 Å². The molecule has 1 aliphatic rings. The number of hydrogen-bond donors (Lipinski definition) is 0. The summed E-state index contributed by atoms with van der Waals surface area (Å²) in [5.41, 5.74) is -1.41. The molecular formula is C14H12N2O7. The fraction of sp³-hybridized carbons (Fsp3) is 0.286. The Hall–Kier alpha value is -3.10. The van der Waals surface area contributed by atoms with Crippen LogP contribution in [0, 0.1) is 26.1 Å². The number of nitrogens with zero attached hydrogens (tertiary/aromatic N) is 2. The molecule has 120 valence electrons. The zero-order valence-electron chi connectivity index (χ0n) is 11.8. The number of carbonyl (C=O) groups excluding carboxylic acids is 2. The van der Waals surface area contributed by atoms with E-state index in [9.17, 15) is 29.8 Å². The summed E-state index contributed by atoms with van der Waals surface area (Å²) in [6, 6.07) is 2.60. The van der Waals surface area contributed by atoms with Gasteiger partial charge in [-0.05, 0) is 12.5 Å². The standard InChI is InChI=1S/C14H12N2O7/c17-13-3-1-2-9(4-13)8-23-14(18)10-5-11(15(19)20)7-12(6-10)16(21)22/h1,3,5-7,9H,2,4,8H2. The topological polar surface area (TPSA) is 130 Å². The zero-order valence-corrected chi connectivity index (χ0v) is 11.8. The summed E-state index contributed by atoms with van der Waals surface area (Å²) in [5.74, 6) is -1.13. The molecule has 23 heavy (non-hydrogen) atoms. The van der Waals surface area contributed by atoms with Crippen LogP contribution in [0.4, 0.5) is 11.4 Å². The highest BCUT2D eigenvalue weighted by Gasteiger charge is 2.22. The highest BCUT2D eigenvalue weighted by Crippen LogP contribution is 2.24. The first-order chi connectivity index (χ1) is 10.9. The first-order valence-corrected chi connectivity index (χ1v) is 6.67. The molecule has 0 amide bonds. The van der Waals surface area contributed by atoms with Gasteiger partial charge in [-0.3, -0.25) is 25.0 Å². The number of benzene rings is 1. The summed E-state index contributed by atoms with van der Waals surface area (Å²) in [7, 11) is 0. The van der Waals surface area contributed by atoms with Crippen LogP contribution in [0.3, 0.4) is 0 Å². The third kappa shape index (κ3) is 4.19. The molecule has 1 aromatic carbocycles. The van der Waals surface area contributed by atoms with Crippen LogP contribution in [0.1, 0.15) is 23.2 Å². The van der Waals surface area contributed by atoms with Crippen molar-refractivity contribution in [2.24, 2.45) is 5.92 Å². The van der Waals surface area contributed by atoms with Gasteiger partial charge in [-0.15, -0.1) is 0 Å². The van der Waals surface area contributed by atoms with E-state index in [0.717, 1.165) is 18.2 Å². The molecule has 0 aliphatic heterocycles. The van der Waals surface area contributed by atoms with E-state index in [-0.39, 0.29) is 30.3 Å². The number of ether oxygens (including phenoxy) is 1. The Morgan fingerprint density at radius 3 is 2.30 bits per heavy atom. The number of carbonyl (C=O) groups is 2. The van der Waals surface area contributed by atoms with Gasteiger partial charge in [-0.25, -0.2) is 4.79 Å². The maximum atomic E-state index is 11.9. The molecule has 0 N–H and O–H groups in total. The van der Waals surface area contributed by atoms with Gasteiger partial charge in [0.05, 0.1) is 28.1 Å². The molecule has 0 radical (unpaired) electrons. The van der Waals surface area contributed by atoms with E-state index in [1.807, 2.05) is 0 Å². The Kier molecular flexibility index (Phi) is 4.79. The van der Waals surface area contributed by atoms with Gasteiger partial charge in [0.2, 0.25) is 0 Å². The van der Waals surface area contributed by atoms with Crippen molar-refractivity contribution >= 4 is 23.1 Å². The third-order valence-electron chi connectivity index (χ3n) is 3.27. The van der Waals surface area contributed by atoms with Crippen molar-refractivity contribution in [3.05, 3.63) is 56.1 Å². The predicted octanol–water partition coefficient (Wildman–Crippen LogP) is 2.20. The van der Waals surface area contributed by atoms with Gasteiger partial charge >= 0.3 is 5.97 Å². The van der Waals surface area contributed by atoms with Crippen LogP contribution in [0.5, 0.6) is 0 Å². The van der Waals surface area contributed by atoms with Crippen molar-refractivity contribution in [2.75, 3.05) is 6.61 Å². The average molecular weight is 320 g/mol. The number of nitro benzene ring substituents is 2.